The van der Waals surface area contributed by atoms with Crippen LogP contribution in [0.15, 0.2) is 23.8 Å². The Labute approximate surface area is 101 Å². The van der Waals surface area contributed by atoms with Gasteiger partial charge in [-0.2, -0.15) is 9.78 Å². The predicted molar refractivity (Wildman–Crippen MR) is 59.2 cm³/mol. The second-order valence-corrected chi connectivity index (χ2v) is 4.52. The summed E-state index contributed by atoms with van der Waals surface area (Å²) in [4.78, 5) is 20.8. The Bertz CT molecular complexity index is 315. The van der Waals surface area contributed by atoms with Crippen molar-refractivity contribution < 1.29 is 24.3 Å². The first-order valence-corrected chi connectivity index (χ1v) is 5.64. The molecule has 0 aromatic carbocycles. The number of ether oxygens (including phenoxy) is 1. The van der Waals surface area contributed by atoms with Crippen LogP contribution in [0, 0.1) is 5.92 Å². The summed E-state index contributed by atoms with van der Waals surface area (Å²) in [5, 5.41) is 0. The number of allylic oxidation sites excluding steroid dienone is 1. The van der Waals surface area contributed by atoms with Crippen LogP contribution in [0.25, 0.3) is 0 Å². The van der Waals surface area contributed by atoms with Crippen LogP contribution >= 0.6 is 0 Å². The average molecular weight is 242 g/mol. The molecule has 1 atom stereocenters. The van der Waals surface area contributed by atoms with Crippen molar-refractivity contribution in [3.8, 4) is 0 Å². The topological polar surface area (TPSA) is 46.2 Å². The molecule has 1 spiro atoms. The first-order chi connectivity index (χ1) is 8.14. The van der Waals surface area contributed by atoms with Crippen molar-refractivity contribution in [1.29, 1.82) is 0 Å². The Hall–Kier alpha value is -0.720. The van der Waals surface area contributed by atoms with Crippen molar-refractivity contribution in [2.75, 3.05) is 13.6 Å². The molecule has 0 bridgehead atoms. The third-order valence-electron chi connectivity index (χ3n) is 3.02. The fraction of sp³-hybridized carbons (Fsp3) is 0.667. The summed E-state index contributed by atoms with van der Waals surface area (Å²) in [6.07, 6.45) is 3.55. The first-order valence-electron chi connectivity index (χ1n) is 5.64. The largest absolute Gasteiger partial charge is 0.323 e. The molecule has 0 amide bonds. The smallest absolute Gasteiger partial charge is 0.244 e. The molecule has 96 valence electrons. The molecule has 5 heteroatoms. The Kier molecular flexibility index (Phi) is 3.96. The van der Waals surface area contributed by atoms with E-state index < -0.39 is 5.79 Å². The van der Waals surface area contributed by atoms with E-state index in [2.05, 4.69) is 12.7 Å². The van der Waals surface area contributed by atoms with E-state index in [4.69, 9.17) is 24.3 Å². The molecule has 0 radical (unpaired) electrons. The van der Waals surface area contributed by atoms with Crippen LogP contribution in [0.2, 0.25) is 0 Å². The van der Waals surface area contributed by atoms with Crippen LogP contribution in [0.5, 0.6) is 0 Å². The highest BCUT2D eigenvalue weighted by Gasteiger charge is 2.47. The monoisotopic (exact) mass is 242 g/mol. The van der Waals surface area contributed by atoms with Crippen LogP contribution < -0.4 is 0 Å². The zero-order valence-corrected chi connectivity index (χ0v) is 10.2. The molecule has 5 nitrogen and oxygen atoms in total. The van der Waals surface area contributed by atoms with E-state index in [0.717, 1.165) is 12.0 Å². The zero-order chi connectivity index (χ0) is 12.3. The summed E-state index contributed by atoms with van der Waals surface area (Å²) in [6, 6.07) is 0. The molecule has 17 heavy (non-hydrogen) atoms. The lowest BCUT2D eigenvalue weighted by molar-refractivity contribution is -0.563. The van der Waals surface area contributed by atoms with Crippen molar-refractivity contribution >= 4 is 0 Å². The Morgan fingerprint density at radius 1 is 1.35 bits per heavy atom. The highest BCUT2D eigenvalue weighted by atomic mass is 17.3. The van der Waals surface area contributed by atoms with Gasteiger partial charge in [-0.1, -0.05) is 23.8 Å². The maximum Gasteiger partial charge on any atom is 0.244 e. The van der Waals surface area contributed by atoms with Gasteiger partial charge in [-0.3, -0.25) is 0 Å². The minimum atomic E-state index is -0.950. The molecule has 2 rings (SSSR count). The fourth-order valence-corrected chi connectivity index (χ4v) is 2.20. The molecule has 0 unspecified atom stereocenters. The maximum absolute atomic E-state index is 5.38. The summed E-state index contributed by atoms with van der Waals surface area (Å²) in [5.41, 5.74) is 2.15. The van der Waals surface area contributed by atoms with Gasteiger partial charge in [-0.25, -0.2) is 9.78 Å². The summed E-state index contributed by atoms with van der Waals surface area (Å²) >= 11 is 0. The third kappa shape index (κ3) is 2.75. The van der Waals surface area contributed by atoms with E-state index in [1.54, 1.807) is 0 Å². The highest BCUT2D eigenvalue weighted by Crippen LogP contribution is 2.41. The Balaban J connectivity index is 2.21. The maximum atomic E-state index is 5.38. The molecule has 1 aliphatic carbocycles. The molecule has 2 aliphatic rings. The molecular weight excluding hydrogens is 224 g/mol. The van der Waals surface area contributed by atoms with Gasteiger partial charge in [0.25, 0.3) is 0 Å². The first kappa shape index (κ1) is 12.7. The second-order valence-electron chi connectivity index (χ2n) is 4.52. The SMILES string of the molecule is C=C(C)[C@H]1CC=C(C)CC12OOCOCOO2. The summed E-state index contributed by atoms with van der Waals surface area (Å²) in [6.45, 7) is 8.00. The van der Waals surface area contributed by atoms with Crippen LogP contribution in [0.3, 0.4) is 0 Å². The molecule has 0 saturated carbocycles. The van der Waals surface area contributed by atoms with Gasteiger partial charge in [0.1, 0.15) is 0 Å². The van der Waals surface area contributed by atoms with Crippen molar-refractivity contribution in [2.45, 2.75) is 32.5 Å². The molecule has 0 aromatic rings. The molecule has 0 aromatic heterocycles. The van der Waals surface area contributed by atoms with Gasteiger partial charge < -0.3 is 4.74 Å². The lowest BCUT2D eigenvalue weighted by Gasteiger charge is -2.40. The lowest BCUT2D eigenvalue weighted by Crippen LogP contribution is -2.47. The third-order valence-corrected chi connectivity index (χ3v) is 3.02. The van der Waals surface area contributed by atoms with Gasteiger partial charge >= 0.3 is 0 Å². The van der Waals surface area contributed by atoms with Crippen molar-refractivity contribution in [2.24, 2.45) is 5.92 Å². The molecule has 1 fully saturated rings. The summed E-state index contributed by atoms with van der Waals surface area (Å²) in [7, 11) is 0. The van der Waals surface area contributed by atoms with E-state index in [1.807, 2.05) is 13.8 Å². The predicted octanol–water partition coefficient (Wildman–Crippen LogP) is 2.46. The van der Waals surface area contributed by atoms with Crippen LogP contribution in [0.1, 0.15) is 26.7 Å². The van der Waals surface area contributed by atoms with Gasteiger partial charge in [0.2, 0.25) is 5.79 Å². The van der Waals surface area contributed by atoms with Crippen molar-refractivity contribution in [3.63, 3.8) is 0 Å². The number of hydrogen-bond donors (Lipinski definition) is 0. The van der Waals surface area contributed by atoms with E-state index >= 15 is 0 Å². The van der Waals surface area contributed by atoms with Gasteiger partial charge in [0, 0.05) is 12.3 Å². The zero-order valence-electron chi connectivity index (χ0n) is 10.2. The molecule has 1 saturated heterocycles. The van der Waals surface area contributed by atoms with E-state index in [1.165, 1.54) is 5.57 Å². The quantitative estimate of drug-likeness (QED) is 0.522. The van der Waals surface area contributed by atoms with E-state index in [0.29, 0.717) is 6.42 Å². The highest BCUT2D eigenvalue weighted by molar-refractivity contribution is 5.16. The van der Waals surface area contributed by atoms with Crippen molar-refractivity contribution in [3.05, 3.63) is 23.8 Å². The number of rotatable bonds is 1. The normalized spacial score (nSPS) is 29.3. The van der Waals surface area contributed by atoms with Gasteiger partial charge in [0.05, 0.1) is 0 Å². The Morgan fingerprint density at radius 3 is 2.59 bits per heavy atom. The van der Waals surface area contributed by atoms with Gasteiger partial charge in [-0.15, -0.1) is 0 Å². The molecule has 1 aliphatic heterocycles. The molecule has 1 heterocycles. The minimum Gasteiger partial charge on any atom is -0.323 e. The average Bonchev–Trinajstić information content (AvgIpc) is 2.23. The van der Waals surface area contributed by atoms with Gasteiger partial charge in [0.15, 0.2) is 13.6 Å². The molecular formula is C12H18O5. The lowest BCUT2D eigenvalue weighted by atomic mass is 9.80. The summed E-state index contributed by atoms with van der Waals surface area (Å²) in [5.74, 6) is -0.946. The second kappa shape index (κ2) is 5.29. The van der Waals surface area contributed by atoms with Crippen molar-refractivity contribution in [1.82, 2.24) is 0 Å². The van der Waals surface area contributed by atoms with Gasteiger partial charge in [-0.05, 0) is 20.3 Å². The van der Waals surface area contributed by atoms with E-state index in [-0.39, 0.29) is 19.5 Å². The fourth-order valence-electron chi connectivity index (χ4n) is 2.20. The van der Waals surface area contributed by atoms with E-state index in [9.17, 15) is 0 Å². The Morgan fingerprint density at radius 2 is 2.00 bits per heavy atom. The molecule has 0 N–H and O–H groups in total. The van der Waals surface area contributed by atoms with Crippen LogP contribution in [-0.4, -0.2) is 19.4 Å². The minimum absolute atomic E-state index is 0.00398. The van der Waals surface area contributed by atoms with Crippen LogP contribution in [-0.2, 0) is 24.3 Å². The van der Waals surface area contributed by atoms with Crippen LogP contribution in [0.4, 0.5) is 0 Å². The number of hydrogen-bond acceptors (Lipinski definition) is 5. The standard InChI is InChI=1S/C12H18O5/c1-9(2)11-5-4-10(3)6-12(11)16-14-7-13-8-15-17-12/h4,11H,1,5-8H2,2-3H3/t11-/m1/s1. The summed E-state index contributed by atoms with van der Waals surface area (Å²) < 4.78 is 4.90.